The van der Waals surface area contributed by atoms with Gasteiger partial charge in [-0.2, -0.15) is 0 Å². The summed E-state index contributed by atoms with van der Waals surface area (Å²) in [5, 5.41) is 13.5. The van der Waals surface area contributed by atoms with Crippen LogP contribution in [-0.2, 0) is 9.53 Å². The van der Waals surface area contributed by atoms with Gasteiger partial charge < -0.3 is 20.1 Å². The van der Waals surface area contributed by atoms with Crippen molar-refractivity contribution >= 4 is 5.91 Å². The minimum absolute atomic E-state index is 0.0524. The number of likely N-dealkylation sites (N-methyl/N-ethyl adjacent to an activating group) is 1. The molecule has 0 aromatic rings. The van der Waals surface area contributed by atoms with Gasteiger partial charge in [-0.25, -0.2) is 0 Å². The fourth-order valence-corrected chi connectivity index (χ4v) is 2.59. The zero-order valence-electron chi connectivity index (χ0n) is 10.4. The molecule has 0 aromatic heterocycles. The average molecular weight is 242 g/mol. The third kappa shape index (κ3) is 3.18. The Morgan fingerprint density at radius 3 is 2.82 bits per heavy atom. The molecule has 98 valence electrons. The molecule has 1 atom stereocenters. The minimum atomic E-state index is -0.763. The molecule has 0 aliphatic carbocycles. The van der Waals surface area contributed by atoms with Crippen LogP contribution in [-0.4, -0.2) is 60.9 Å². The molecule has 0 spiro atoms. The number of ether oxygens (including phenoxy) is 1. The molecule has 0 unspecified atom stereocenters. The lowest BCUT2D eigenvalue weighted by Gasteiger charge is -2.36. The van der Waals surface area contributed by atoms with Gasteiger partial charge in [0.1, 0.15) is 0 Å². The summed E-state index contributed by atoms with van der Waals surface area (Å²) in [6.07, 6.45) is 3.19. The summed E-state index contributed by atoms with van der Waals surface area (Å²) in [5.41, 5.74) is -0.763. The van der Waals surface area contributed by atoms with Crippen LogP contribution in [0.1, 0.15) is 25.7 Å². The van der Waals surface area contributed by atoms with Gasteiger partial charge in [0, 0.05) is 39.6 Å². The first-order chi connectivity index (χ1) is 8.11. The Bertz CT molecular complexity index is 271. The van der Waals surface area contributed by atoms with Crippen LogP contribution in [0.25, 0.3) is 0 Å². The molecule has 2 fully saturated rings. The first-order valence-corrected chi connectivity index (χ1v) is 6.39. The van der Waals surface area contributed by atoms with Crippen molar-refractivity contribution < 1.29 is 14.6 Å². The van der Waals surface area contributed by atoms with E-state index in [1.807, 2.05) is 0 Å². The topological polar surface area (TPSA) is 61.8 Å². The van der Waals surface area contributed by atoms with Crippen LogP contribution in [0.3, 0.4) is 0 Å². The van der Waals surface area contributed by atoms with Crippen molar-refractivity contribution in [3.05, 3.63) is 0 Å². The van der Waals surface area contributed by atoms with E-state index in [0.29, 0.717) is 32.6 Å². The van der Waals surface area contributed by atoms with E-state index in [9.17, 15) is 9.90 Å². The van der Waals surface area contributed by atoms with Gasteiger partial charge in [0.15, 0.2) is 0 Å². The van der Waals surface area contributed by atoms with E-state index in [1.165, 1.54) is 0 Å². The minimum Gasteiger partial charge on any atom is -0.388 e. The Labute approximate surface area is 102 Å². The lowest BCUT2D eigenvalue weighted by atomic mass is 9.93. The highest BCUT2D eigenvalue weighted by molar-refractivity contribution is 5.82. The van der Waals surface area contributed by atoms with E-state index < -0.39 is 5.60 Å². The largest absolute Gasteiger partial charge is 0.388 e. The van der Waals surface area contributed by atoms with Crippen LogP contribution in [0, 0.1) is 0 Å². The Hall–Kier alpha value is -0.650. The summed E-state index contributed by atoms with van der Waals surface area (Å²) in [5.74, 6) is 0.0995. The molecule has 0 bridgehead atoms. The monoisotopic (exact) mass is 242 g/mol. The number of nitrogens with one attached hydrogen (secondary N) is 1. The summed E-state index contributed by atoms with van der Waals surface area (Å²) in [6.45, 7) is 2.50. The number of hydrogen-bond donors (Lipinski definition) is 2. The van der Waals surface area contributed by atoms with Crippen LogP contribution in [0.2, 0.25) is 0 Å². The van der Waals surface area contributed by atoms with Crippen LogP contribution >= 0.6 is 0 Å². The number of carbonyl (C=O) groups excluding carboxylic acids is 1. The number of nitrogens with zero attached hydrogens (tertiary/aromatic N) is 1. The van der Waals surface area contributed by atoms with Gasteiger partial charge in [-0.05, 0) is 19.4 Å². The molecule has 2 saturated heterocycles. The highest BCUT2D eigenvalue weighted by atomic mass is 16.5. The molecule has 0 saturated carbocycles. The Balaban J connectivity index is 1.86. The molecule has 2 rings (SSSR count). The van der Waals surface area contributed by atoms with Crippen LogP contribution in [0.4, 0.5) is 0 Å². The van der Waals surface area contributed by atoms with Crippen molar-refractivity contribution in [1.82, 2.24) is 10.2 Å². The van der Waals surface area contributed by atoms with Crippen molar-refractivity contribution in [2.24, 2.45) is 0 Å². The van der Waals surface area contributed by atoms with Crippen LogP contribution in [0.5, 0.6) is 0 Å². The second-order valence-corrected chi connectivity index (χ2v) is 5.18. The number of rotatable bonds is 3. The van der Waals surface area contributed by atoms with Crippen LogP contribution in [0.15, 0.2) is 0 Å². The molecular formula is C12H22N2O3. The second kappa shape index (κ2) is 5.33. The maximum absolute atomic E-state index is 12.1. The summed E-state index contributed by atoms with van der Waals surface area (Å²) in [7, 11) is 1.77. The van der Waals surface area contributed by atoms with E-state index in [0.717, 1.165) is 19.4 Å². The van der Waals surface area contributed by atoms with Gasteiger partial charge in [-0.15, -0.1) is 0 Å². The van der Waals surface area contributed by atoms with E-state index in [1.54, 1.807) is 11.9 Å². The van der Waals surface area contributed by atoms with Crippen molar-refractivity contribution in [1.29, 1.82) is 0 Å². The fourth-order valence-electron chi connectivity index (χ4n) is 2.59. The van der Waals surface area contributed by atoms with Gasteiger partial charge in [0.05, 0.1) is 11.6 Å². The lowest BCUT2D eigenvalue weighted by Crippen LogP contribution is -2.50. The maximum atomic E-state index is 12.1. The van der Waals surface area contributed by atoms with Gasteiger partial charge in [0.25, 0.3) is 0 Å². The number of amides is 1. The summed E-state index contributed by atoms with van der Waals surface area (Å²) in [6, 6.07) is -0.0524. The summed E-state index contributed by atoms with van der Waals surface area (Å²) >= 11 is 0. The Kier molecular flexibility index (Phi) is 4.01. The fraction of sp³-hybridized carbons (Fsp3) is 0.917. The van der Waals surface area contributed by atoms with Gasteiger partial charge in [-0.3, -0.25) is 4.79 Å². The number of hydrogen-bond acceptors (Lipinski definition) is 4. The molecule has 0 radical (unpaired) electrons. The molecule has 5 heteroatoms. The first kappa shape index (κ1) is 12.8. The molecule has 2 heterocycles. The third-order valence-electron chi connectivity index (χ3n) is 3.69. The van der Waals surface area contributed by atoms with Crippen molar-refractivity contribution in [2.75, 3.05) is 33.4 Å². The van der Waals surface area contributed by atoms with Crippen molar-refractivity contribution in [3.8, 4) is 0 Å². The highest BCUT2D eigenvalue weighted by Gasteiger charge is 2.34. The predicted octanol–water partition coefficient (Wildman–Crippen LogP) is -0.262. The molecule has 2 aliphatic rings. The summed E-state index contributed by atoms with van der Waals surface area (Å²) in [4.78, 5) is 13.7. The van der Waals surface area contributed by atoms with E-state index in [4.69, 9.17) is 4.74 Å². The molecule has 17 heavy (non-hydrogen) atoms. The van der Waals surface area contributed by atoms with Gasteiger partial charge in [-0.1, -0.05) is 0 Å². The quantitative estimate of drug-likeness (QED) is 0.716. The van der Waals surface area contributed by atoms with Crippen LogP contribution < -0.4 is 5.32 Å². The number of carbonyl (C=O) groups is 1. The SMILES string of the molecule is CN(CC1(O)CCOCC1)C(=O)[C@H]1CCCN1. The molecule has 2 aliphatic heterocycles. The molecular weight excluding hydrogens is 220 g/mol. The zero-order valence-corrected chi connectivity index (χ0v) is 10.4. The molecule has 2 N–H and O–H groups in total. The lowest BCUT2D eigenvalue weighted by molar-refractivity contribution is -0.138. The molecule has 0 aromatic carbocycles. The van der Waals surface area contributed by atoms with Gasteiger partial charge >= 0.3 is 0 Å². The van der Waals surface area contributed by atoms with Crippen molar-refractivity contribution in [2.45, 2.75) is 37.3 Å². The third-order valence-corrected chi connectivity index (χ3v) is 3.69. The van der Waals surface area contributed by atoms with E-state index in [2.05, 4.69) is 5.32 Å². The number of aliphatic hydroxyl groups is 1. The smallest absolute Gasteiger partial charge is 0.239 e. The normalized spacial score (nSPS) is 28.0. The second-order valence-electron chi connectivity index (χ2n) is 5.18. The maximum Gasteiger partial charge on any atom is 0.239 e. The predicted molar refractivity (Wildman–Crippen MR) is 63.7 cm³/mol. The molecule has 5 nitrogen and oxygen atoms in total. The standard InChI is InChI=1S/C12H22N2O3/c1-14(11(15)10-3-2-6-13-10)9-12(16)4-7-17-8-5-12/h10,13,16H,2-9H2,1H3/t10-/m1/s1. The highest BCUT2D eigenvalue weighted by Crippen LogP contribution is 2.22. The van der Waals surface area contributed by atoms with Gasteiger partial charge in [0.2, 0.25) is 5.91 Å². The van der Waals surface area contributed by atoms with E-state index in [-0.39, 0.29) is 11.9 Å². The Morgan fingerprint density at radius 2 is 2.24 bits per heavy atom. The summed E-state index contributed by atoms with van der Waals surface area (Å²) < 4.78 is 5.23. The first-order valence-electron chi connectivity index (χ1n) is 6.39. The molecule has 1 amide bonds. The van der Waals surface area contributed by atoms with Crippen molar-refractivity contribution in [3.63, 3.8) is 0 Å². The van der Waals surface area contributed by atoms with E-state index >= 15 is 0 Å². The zero-order chi connectivity index (χ0) is 12.3. The Morgan fingerprint density at radius 1 is 1.53 bits per heavy atom. The average Bonchev–Trinajstić information content (AvgIpc) is 2.81.